The number of nitrogens with zero attached hydrogens (tertiary/aromatic N) is 2. The van der Waals surface area contributed by atoms with Crippen LogP contribution >= 0.6 is 0 Å². The maximum Gasteiger partial charge on any atom is 0.172 e. The van der Waals surface area contributed by atoms with Crippen molar-refractivity contribution in [1.29, 1.82) is 0 Å². The normalized spacial score (nSPS) is 11.9. The minimum Gasteiger partial charge on any atom is -0.449 e. The monoisotopic (exact) mass is 844 g/mol. The number of hydrogen-bond donors (Lipinski definition) is 0. The molecule has 0 unspecified atom stereocenters. The molecule has 4 heteroatoms. The van der Waals surface area contributed by atoms with E-state index in [0.717, 1.165) is 72.9 Å². The summed E-state index contributed by atoms with van der Waals surface area (Å²) in [6, 6.07) is 86.6. The Balaban J connectivity index is 0.850. The van der Waals surface area contributed by atoms with E-state index >= 15 is 0 Å². The van der Waals surface area contributed by atoms with Gasteiger partial charge in [-0.3, -0.25) is 0 Å². The van der Waals surface area contributed by atoms with E-state index in [4.69, 9.17) is 9.47 Å². The third-order valence-corrected chi connectivity index (χ3v) is 13.1. The van der Waals surface area contributed by atoms with Crippen LogP contribution in [0.25, 0.3) is 82.4 Å². The smallest absolute Gasteiger partial charge is 0.172 e. The number of para-hydroxylation sites is 3. The van der Waals surface area contributed by atoms with E-state index in [2.05, 4.69) is 228 Å². The molecule has 0 radical (unpaired) electrons. The van der Waals surface area contributed by atoms with Crippen LogP contribution in [0.2, 0.25) is 0 Å². The van der Waals surface area contributed by atoms with Gasteiger partial charge in [0.15, 0.2) is 23.0 Å². The van der Waals surface area contributed by atoms with Gasteiger partial charge < -0.3 is 18.9 Å². The molecule has 11 aromatic carbocycles. The van der Waals surface area contributed by atoms with Crippen molar-refractivity contribution in [3.05, 3.63) is 243 Å². The quantitative estimate of drug-likeness (QED) is 0.160. The predicted octanol–water partition coefficient (Wildman–Crippen LogP) is 17.5. The summed E-state index contributed by atoms with van der Waals surface area (Å²) in [6.07, 6.45) is 0. The van der Waals surface area contributed by atoms with Crippen LogP contribution in [0.4, 0.5) is 17.1 Å². The fourth-order valence-corrected chi connectivity index (χ4v) is 9.86. The Bertz CT molecular complexity index is 3660. The second kappa shape index (κ2) is 15.4. The summed E-state index contributed by atoms with van der Waals surface area (Å²) in [5.41, 5.74) is 13.6. The minimum absolute atomic E-state index is 0.706. The molecule has 1 aromatic heterocycles. The van der Waals surface area contributed by atoms with E-state index in [1.165, 1.54) is 43.8 Å². The molecule has 2 heterocycles. The summed E-state index contributed by atoms with van der Waals surface area (Å²) in [5, 5.41) is 7.26. The highest BCUT2D eigenvalue weighted by Crippen LogP contribution is 2.48. The highest BCUT2D eigenvalue weighted by Gasteiger charge is 2.23. The molecule has 310 valence electrons. The van der Waals surface area contributed by atoms with Gasteiger partial charge in [-0.2, -0.15) is 0 Å². The fourth-order valence-electron chi connectivity index (χ4n) is 9.86. The van der Waals surface area contributed by atoms with Crippen molar-refractivity contribution in [1.82, 2.24) is 4.57 Å². The Morgan fingerprint density at radius 1 is 0.288 bits per heavy atom. The molecule has 12 aromatic rings. The van der Waals surface area contributed by atoms with Gasteiger partial charge in [0.25, 0.3) is 0 Å². The van der Waals surface area contributed by atoms with Crippen molar-refractivity contribution in [2.45, 2.75) is 0 Å². The molecule has 0 aliphatic carbocycles. The van der Waals surface area contributed by atoms with Gasteiger partial charge in [-0.25, -0.2) is 0 Å². The highest BCUT2D eigenvalue weighted by atomic mass is 16.6. The average Bonchev–Trinajstić information content (AvgIpc) is 3.70. The maximum absolute atomic E-state index is 6.37. The summed E-state index contributed by atoms with van der Waals surface area (Å²) in [5.74, 6) is 2.87. The fraction of sp³-hybridized carbons (Fsp3) is 0. The summed E-state index contributed by atoms with van der Waals surface area (Å²) >= 11 is 0. The lowest BCUT2D eigenvalue weighted by Crippen LogP contribution is -2.09. The highest BCUT2D eigenvalue weighted by molar-refractivity contribution is 6.10. The number of ether oxygens (including phenoxy) is 2. The van der Waals surface area contributed by atoms with E-state index in [0.29, 0.717) is 5.75 Å². The first-order valence-electron chi connectivity index (χ1n) is 22.4. The first-order valence-corrected chi connectivity index (χ1v) is 22.4. The molecule has 4 nitrogen and oxygen atoms in total. The largest absolute Gasteiger partial charge is 0.449 e. The summed E-state index contributed by atoms with van der Waals surface area (Å²) < 4.78 is 15.0. The van der Waals surface area contributed by atoms with Crippen molar-refractivity contribution < 1.29 is 9.47 Å². The van der Waals surface area contributed by atoms with E-state index in [1.807, 2.05) is 24.3 Å². The Morgan fingerprint density at radius 3 is 1.26 bits per heavy atom. The van der Waals surface area contributed by atoms with Crippen molar-refractivity contribution in [2.75, 3.05) is 4.90 Å². The van der Waals surface area contributed by atoms with Gasteiger partial charge in [-0.05, 0) is 128 Å². The van der Waals surface area contributed by atoms with Gasteiger partial charge in [0.05, 0.1) is 11.0 Å². The molecule has 0 bridgehead atoms. The maximum atomic E-state index is 6.37. The Labute approximate surface area is 382 Å². The van der Waals surface area contributed by atoms with Crippen LogP contribution in [-0.2, 0) is 0 Å². The van der Waals surface area contributed by atoms with Crippen LogP contribution in [0, 0.1) is 0 Å². The molecule has 0 saturated heterocycles. The van der Waals surface area contributed by atoms with Gasteiger partial charge in [0.2, 0.25) is 0 Å². The topological polar surface area (TPSA) is 26.6 Å². The van der Waals surface area contributed by atoms with E-state index < -0.39 is 0 Å². The van der Waals surface area contributed by atoms with Gasteiger partial charge in [0, 0.05) is 39.6 Å². The number of hydrogen-bond acceptors (Lipinski definition) is 3. The van der Waals surface area contributed by atoms with Crippen molar-refractivity contribution in [3.8, 4) is 62.1 Å². The molecule has 0 atom stereocenters. The number of aromatic nitrogens is 1. The van der Waals surface area contributed by atoms with Crippen molar-refractivity contribution in [3.63, 3.8) is 0 Å². The van der Waals surface area contributed by atoms with Gasteiger partial charge >= 0.3 is 0 Å². The molecule has 0 N–H and O–H groups in total. The predicted molar refractivity (Wildman–Crippen MR) is 273 cm³/mol. The first kappa shape index (κ1) is 37.7. The van der Waals surface area contributed by atoms with Crippen molar-refractivity contribution in [2.24, 2.45) is 0 Å². The second-order valence-corrected chi connectivity index (χ2v) is 16.9. The standard InChI is InChI=1S/C62H40N2O2/c1-3-15-51-43(11-1)13-9-18-53(51)45-27-35-48(36-28-45)63(49-37-29-46(30-38-49)54-19-10-14-44-12-2-4-16-52(44)54)47-31-23-41(24-32-47)42-25-33-50(34-26-42)64-57-20-6-5-17-55(57)56-39-61-62(40-58(56)64)66-60-22-8-7-21-59(60)65-61/h1-40H. The molecule has 0 amide bonds. The summed E-state index contributed by atoms with van der Waals surface area (Å²) in [6.45, 7) is 0. The zero-order valence-corrected chi connectivity index (χ0v) is 35.8. The van der Waals surface area contributed by atoms with Gasteiger partial charge in [0.1, 0.15) is 0 Å². The lowest BCUT2D eigenvalue weighted by molar-refractivity contribution is 0.360. The van der Waals surface area contributed by atoms with Crippen LogP contribution in [0.5, 0.6) is 23.0 Å². The molecule has 1 aliphatic heterocycles. The number of anilines is 3. The van der Waals surface area contributed by atoms with Crippen LogP contribution in [0.15, 0.2) is 243 Å². The molecule has 0 fully saturated rings. The minimum atomic E-state index is 0.706. The molecule has 0 saturated carbocycles. The summed E-state index contributed by atoms with van der Waals surface area (Å²) in [4.78, 5) is 2.35. The molecular formula is C62H40N2O2. The number of fused-ring (bicyclic) bond motifs is 7. The molecule has 0 spiro atoms. The lowest BCUT2D eigenvalue weighted by atomic mass is 9.97. The second-order valence-electron chi connectivity index (χ2n) is 16.9. The molecule has 1 aliphatic rings. The molecular weight excluding hydrogens is 805 g/mol. The first-order chi connectivity index (χ1) is 32.7. The van der Waals surface area contributed by atoms with Gasteiger partial charge in [-0.15, -0.1) is 0 Å². The van der Waals surface area contributed by atoms with Crippen LogP contribution in [0.1, 0.15) is 0 Å². The Morgan fingerprint density at radius 2 is 0.712 bits per heavy atom. The SMILES string of the molecule is c1ccc2c(c1)Oc1cc3c4ccccc4n(-c4ccc(-c5ccc(N(c6ccc(-c7cccc8ccccc78)cc6)c6ccc(-c7cccc8ccccc78)cc6)cc5)cc4)c3cc1O2. The lowest BCUT2D eigenvalue weighted by Gasteiger charge is -2.26. The Kier molecular flexibility index (Phi) is 8.81. The van der Waals surface area contributed by atoms with E-state index in [9.17, 15) is 0 Å². The van der Waals surface area contributed by atoms with Crippen LogP contribution in [0.3, 0.4) is 0 Å². The molecule has 66 heavy (non-hydrogen) atoms. The third kappa shape index (κ3) is 6.38. The summed E-state index contributed by atoms with van der Waals surface area (Å²) in [7, 11) is 0. The number of benzene rings is 11. The van der Waals surface area contributed by atoms with Crippen LogP contribution < -0.4 is 14.4 Å². The average molecular weight is 845 g/mol. The number of rotatable bonds is 7. The van der Waals surface area contributed by atoms with Gasteiger partial charge in [-0.1, -0.05) is 164 Å². The molecule has 13 rings (SSSR count). The van der Waals surface area contributed by atoms with Crippen molar-refractivity contribution >= 4 is 60.4 Å². The van der Waals surface area contributed by atoms with E-state index in [-0.39, 0.29) is 0 Å². The van der Waals surface area contributed by atoms with Crippen LogP contribution in [-0.4, -0.2) is 4.57 Å². The zero-order valence-electron chi connectivity index (χ0n) is 35.8. The van der Waals surface area contributed by atoms with E-state index in [1.54, 1.807) is 0 Å². The Hall–Kier alpha value is -8.86. The zero-order chi connectivity index (χ0) is 43.6. The third-order valence-electron chi connectivity index (χ3n) is 13.1.